The van der Waals surface area contributed by atoms with Crippen LogP contribution >= 0.6 is 0 Å². The summed E-state index contributed by atoms with van der Waals surface area (Å²) in [5.74, 6) is -0.0782. The molecule has 3 aromatic rings. The fourth-order valence-corrected chi connectivity index (χ4v) is 2.53. The average molecular weight is 305 g/mol. The Morgan fingerprint density at radius 3 is 2.65 bits per heavy atom. The number of para-hydroxylation sites is 1. The molecule has 1 amide bonds. The van der Waals surface area contributed by atoms with Gasteiger partial charge in [-0.1, -0.05) is 48.5 Å². The molecule has 0 aliphatic carbocycles. The first-order valence-electron chi connectivity index (χ1n) is 7.67. The molecule has 1 aromatic heterocycles. The van der Waals surface area contributed by atoms with Crippen molar-refractivity contribution in [2.45, 2.75) is 19.8 Å². The van der Waals surface area contributed by atoms with Gasteiger partial charge in [-0.2, -0.15) is 5.10 Å². The monoisotopic (exact) mass is 305 g/mol. The summed E-state index contributed by atoms with van der Waals surface area (Å²) in [5.41, 5.74) is 6.68. The van der Waals surface area contributed by atoms with Crippen LogP contribution in [0.4, 0.5) is 0 Å². The second kappa shape index (κ2) is 6.92. The first kappa shape index (κ1) is 15.0. The Hall–Kier alpha value is -2.88. The Kier molecular flexibility index (Phi) is 4.52. The van der Waals surface area contributed by atoms with Crippen molar-refractivity contribution in [3.05, 3.63) is 71.9 Å². The molecule has 116 valence electrons. The van der Waals surface area contributed by atoms with Gasteiger partial charge in [0.15, 0.2) is 0 Å². The number of carbonyl (C=O) groups excluding carboxylic acids is 1. The zero-order chi connectivity index (χ0) is 16.1. The molecule has 0 atom stereocenters. The normalized spacial score (nSPS) is 11.6. The molecule has 4 nitrogen and oxygen atoms in total. The number of carbonyl (C=O) groups is 1. The number of fused-ring (bicyclic) bond motifs is 1. The maximum Gasteiger partial charge on any atom is 0.240 e. The predicted octanol–water partition coefficient (Wildman–Crippen LogP) is 3.64. The van der Waals surface area contributed by atoms with E-state index in [4.69, 9.17) is 0 Å². The highest BCUT2D eigenvalue weighted by molar-refractivity contribution is 5.99. The van der Waals surface area contributed by atoms with Crippen LogP contribution in [0.25, 0.3) is 10.9 Å². The molecule has 0 aliphatic rings. The van der Waals surface area contributed by atoms with E-state index in [9.17, 15) is 4.79 Å². The van der Waals surface area contributed by atoms with Gasteiger partial charge >= 0.3 is 0 Å². The number of H-pyrrole nitrogens is 1. The zero-order valence-corrected chi connectivity index (χ0v) is 13.0. The molecule has 2 N–H and O–H groups in total. The molecule has 0 radical (unpaired) electrons. The SMILES string of the molecule is C/C(=N/NC(=O)CCc1c[nH]c2ccccc12)c1ccccc1. The maximum absolute atomic E-state index is 12.0. The lowest BCUT2D eigenvalue weighted by atomic mass is 10.1. The van der Waals surface area contributed by atoms with Crippen molar-refractivity contribution < 1.29 is 4.79 Å². The topological polar surface area (TPSA) is 57.2 Å². The molecule has 3 rings (SSSR count). The van der Waals surface area contributed by atoms with E-state index in [1.165, 1.54) is 5.39 Å². The van der Waals surface area contributed by atoms with Gasteiger partial charge in [0.2, 0.25) is 5.91 Å². The summed E-state index contributed by atoms with van der Waals surface area (Å²) in [6, 6.07) is 17.9. The van der Waals surface area contributed by atoms with Crippen LogP contribution in [0.3, 0.4) is 0 Å². The van der Waals surface area contributed by atoms with Gasteiger partial charge in [-0.3, -0.25) is 4.79 Å². The smallest absolute Gasteiger partial charge is 0.240 e. The Labute approximate surface area is 135 Å². The van der Waals surface area contributed by atoms with Gasteiger partial charge in [0.1, 0.15) is 0 Å². The summed E-state index contributed by atoms with van der Waals surface area (Å²) in [7, 11) is 0. The van der Waals surface area contributed by atoms with Crippen LogP contribution in [0.5, 0.6) is 0 Å². The molecule has 0 unspecified atom stereocenters. The number of hydrogen-bond donors (Lipinski definition) is 2. The van der Waals surface area contributed by atoms with E-state index in [0.717, 1.165) is 22.4 Å². The largest absolute Gasteiger partial charge is 0.361 e. The summed E-state index contributed by atoms with van der Waals surface area (Å²) >= 11 is 0. The predicted molar refractivity (Wildman–Crippen MR) is 93.4 cm³/mol. The van der Waals surface area contributed by atoms with E-state index in [1.54, 1.807) is 0 Å². The van der Waals surface area contributed by atoms with E-state index >= 15 is 0 Å². The number of rotatable bonds is 5. The first-order valence-corrected chi connectivity index (χ1v) is 7.67. The molecule has 4 heteroatoms. The molecule has 0 bridgehead atoms. The van der Waals surface area contributed by atoms with E-state index in [2.05, 4.69) is 21.6 Å². The summed E-state index contributed by atoms with van der Waals surface area (Å²) in [4.78, 5) is 15.2. The van der Waals surface area contributed by atoms with E-state index < -0.39 is 0 Å². The molecule has 1 heterocycles. The lowest BCUT2D eigenvalue weighted by Gasteiger charge is -2.03. The Morgan fingerprint density at radius 2 is 1.83 bits per heavy atom. The lowest BCUT2D eigenvalue weighted by molar-refractivity contribution is -0.121. The maximum atomic E-state index is 12.0. The van der Waals surface area contributed by atoms with Gasteiger partial charge in [0, 0.05) is 23.5 Å². The number of aromatic nitrogens is 1. The van der Waals surface area contributed by atoms with Crippen LogP contribution in [0.2, 0.25) is 0 Å². The standard InChI is InChI=1S/C19H19N3O/c1-14(15-7-3-2-4-8-15)21-22-19(23)12-11-16-13-20-18-10-6-5-9-17(16)18/h2-10,13,20H,11-12H2,1H3,(H,22,23)/b21-14-. The minimum atomic E-state index is -0.0782. The Bertz CT molecular complexity index is 834. The number of hydrogen-bond acceptors (Lipinski definition) is 2. The third kappa shape index (κ3) is 3.66. The number of hydrazone groups is 1. The highest BCUT2D eigenvalue weighted by atomic mass is 16.2. The van der Waals surface area contributed by atoms with E-state index in [-0.39, 0.29) is 5.91 Å². The summed E-state index contributed by atoms with van der Waals surface area (Å²) in [5, 5.41) is 5.34. The molecule has 2 aromatic carbocycles. The van der Waals surface area contributed by atoms with Crippen molar-refractivity contribution >= 4 is 22.5 Å². The molecular formula is C19H19N3O. The van der Waals surface area contributed by atoms with Gasteiger partial charge in [0.25, 0.3) is 0 Å². The highest BCUT2D eigenvalue weighted by Gasteiger charge is 2.06. The molecule has 0 saturated carbocycles. The quantitative estimate of drug-likeness (QED) is 0.549. The van der Waals surface area contributed by atoms with Crippen LogP contribution in [0.1, 0.15) is 24.5 Å². The average Bonchev–Trinajstić information content (AvgIpc) is 3.02. The number of amides is 1. The van der Waals surface area contributed by atoms with Gasteiger partial charge in [-0.15, -0.1) is 0 Å². The van der Waals surface area contributed by atoms with E-state index in [1.807, 2.05) is 61.7 Å². The third-order valence-electron chi connectivity index (χ3n) is 3.84. The molecule has 0 saturated heterocycles. The van der Waals surface area contributed by atoms with Crippen LogP contribution in [-0.2, 0) is 11.2 Å². The lowest BCUT2D eigenvalue weighted by Crippen LogP contribution is -2.19. The van der Waals surface area contributed by atoms with E-state index in [0.29, 0.717) is 12.8 Å². The fourth-order valence-electron chi connectivity index (χ4n) is 2.53. The minimum Gasteiger partial charge on any atom is -0.361 e. The second-order valence-electron chi connectivity index (χ2n) is 5.46. The number of aromatic amines is 1. The fraction of sp³-hybridized carbons (Fsp3) is 0.158. The van der Waals surface area contributed by atoms with Gasteiger partial charge in [-0.25, -0.2) is 5.43 Å². The third-order valence-corrected chi connectivity index (χ3v) is 3.84. The van der Waals surface area contributed by atoms with Crippen molar-refractivity contribution in [1.29, 1.82) is 0 Å². The Morgan fingerprint density at radius 1 is 1.09 bits per heavy atom. The van der Waals surface area contributed by atoms with Crippen molar-refractivity contribution in [3.63, 3.8) is 0 Å². The zero-order valence-electron chi connectivity index (χ0n) is 13.0. The summed E-state index contributed by atoms with van der Waals surface area (Å²) in [6.45, 7) is 1.88. The molecule has 23 heavy (non-hydrogen) atoms. The Balaban J connectivity index is 1.58. The minimum absolute atomic E-state index is 0.0782. The molecular weight excluding hydrogens is 286 g/mol. The van der Waals surface area contributed by atoms with Crippen molar-refractivity contribution in [2.24, 2.45) is 5.10 Å². The number of benzene rings is 2. The molecule has 0 fully saturated rings. The van der Waals surface area contributed by atoms with Crippen molar-refractivity contribution in [3.8, 4) is 0 Å². The highest BCUT2D eigenvalue weighted by Crippen LogP contribution is 2.18. The number of aryl methyl sites for hydroxylation is 1. The molecule has 0 aliphatic heterocycles. The van der Waals surface area contributed by atoms with Gasteiger partial charge in [0.05, 0.1) is 5.71 Å². The van der Waals surface area contributed by atoms with Crippen LogP contribution in [-0.4, -0.2) is 16.6 Å². The molecule has 0 spiro atoms. The number of nitrogens with zero attached hydrogens (tertiary/aromatic N) is 1. The van der Waals surface area contributed by atoms with Gasteiger partial charge < -0.3 is 4.98 Å². The number of nitrogens with one attached hydrogen (secondary N) is 2. The van der Waals surface area contributed by atoms with Crippen molar-refractivity contribution in [2.75, 3.05) is 0 Å². The van der Waals surface area contributed by atoms with Crippen LogP contribution in [0.15, 0.2) is 65.9 Å². The second-order valence-corrected chi connectivity index (χ2v) is 5.46. The summed E-state index contributed by atoms with van der Waals surface area (Å²) in [6.07, 6.45) is 3.07. The van der Waals surface area contributed by atoms with Crippen LogP contribution < -0.4 is 5.43 Å². The van der Waals surface area contributed by atoms with Crippen molar-refractivity contribution in [1.82, 2.24) is 10.4 Å². The summed E-state index contributed by atoms with van der Waals surface area (Å²) < 4.78 is 0. The first-order chi connectivity index (χ1) is 11.2. The van der Waals surface area contributed by atoms with Crippen LogP contribution in [0, 0.1) is 0 Å². The van der Waals surface area contributed by atoms with Gasteiger partial charge in [-0.05, 0) is 30.5 Å².